The van der Waals surface area contributed by atoms with E-state index < -0.39 is 0 Å². The monoisotopic (exact) mass is 274 g/mol. The van der Waals surface area contributed by atoms with Crippen LogP contribution in [0.5, 0.6) is 17.2 Å². The SMILES string of the molecule is COc1ccc(C#N)c(Oc2cc(N)ccc2Cl)c1. The van der Waals surface area contributed by atoms with Crippen LogP contribution in [-0.4, -0.2) is 7.11 Å². The molecule has 2 rings (SSSR count). The Morgan fingerprint density at radius 3 is 2.63 bits per heavy atom. The van der Waals surface area contributed by atoms with Gasteiger partial charge in [0.2, 0.25) is 0 Å². The number of nitrogens with two attached hydrogens (primary N) is 1. The summed E-state index contributed by atoms with van der Waals surface area (Å²) in [5.74, 6) is 1.36. The van der Waals surface area contributed by atoms with Gasteiger partial charge in [-0.2, -0.15) is 5.26 Å². The van der Waals surface area contributed by atoms with Crippen LogP contribution in [0.25, 0.3) is 0 Å². The molecule has 96 valence electrons. The van der Waals surface area contributed by atoms with Crippen molar-refractivity contribution in [3.63, 3.8) is 0 Å². The number of rotatable bonds is 3. The van der Waals surface area contributed by atoms with Gasteiger partial charge in [-0.3, -0.25) is 0 Å². The van der Waals surface area contributed by atoms with Crippen molar-refractivity contribution in [1.82, 2.24) is 0 Å². The van der Waals surface area contributed by atoms with Crippen molar-refractivity contribution in [2.45, 2.75) is 0 Å². The van der Waals surface area contributed by atoms with Gasteiger partial charge >= 0.3 is 0 Å². The van der Waals surface area contributed by atoms with Crippen LogP contribution in [-0.2, 0) is 0 Å². The molecule has 2 aromatic rings. The Morgan fingerprint density at radius 1 is 1.16 bits per heavy atom. The molecule has 0 unspecified atom stereocenters. The van der Waals surface area contributed by atoms with E-state index >= 15 is 0 Å². The number of hydrogen-bond donors (Lipinski definition) is 1. The fraction of sp³-hybridized carbons (Fsp3) is 0.0714. The van der Waals surface area contributed by atoms with E-state index in [1.807, 2.05) is 6.07 Å². The number of ether oxygens (including phenoxy) is 2. The summed E-state index contributed by atoms with van der Waals surface area (Å²) in [5.41, 5.74) is 6.60. The number of nitrogens with zero attached hydrogens (tertiary/aromatic N) is 1. The molecular weight excluding hydrogens is 264 g/mol. The van der Waals surface area contributed by atoms with E-state index in [0.717, 1.165) is 0 Å². The van der Waals surface area contributed by atoms with E-state index in [9.17, 15) is 0 Å². The lowest BCUT2D eigenvalue weighted by molar-refractivity contribution is 0.409. The Kier molecular flexibility index (Phi) is 3.79. The van der Waals surface area contributed by atoms with Crippen LogP contribution in [0.2, 0.25) is 5.02 Å². The molecule has 2 N–H and O–H groups in total. The number of hydrogen-bond acceptors (Lipinski definition) is 4. The molecule has 0 amide bonds. The maximum atomic E-state index is 9.06. The molecule has 5 heteroatoms. The van der Waals surface area contributed by atoms with Gasteiger partial charge in [-0.25, -0.2) is 0 Å². The number of methoxy groups -OCH3 is 1. The van der Waals surface area contributed by atoms with E-state index in [2.05, 4.69) is 0 Å². The maximum absolute atomic E-state index is 9.06. The smallest absolute Gasteiger partial charge is 0.148 e. The van der Waals surface area contributed by atoms with Gasteiger partial charge in [0.1, 0.15) is 23.3 Å². The van der Waals surface area contributed by atoms with E-state index in [4.69, 9.17) is 32.1 Å². The minimum atomic E-state index is 0.370. The third-order valence-corrected chi connectivity index (χ3v) is 2.80. The summed E-state index contributed by atoms with van der Waals surface area (Å²) in [6.07, 6.45) is 0. The predicted octanol–water partition coefficient (Wildman–Crippen LogP) is 3.59. The first-order valence-corrected chi connectivity index (χ1v) is 5.83. The molecule has 2 aromatic carbocycles. The molecule has 0 aliphatic heterocycles. The first-order chi connectivity index (χ1) is 9.13. The highest BCUT2D eigenvalue weighted by atomic mass is 35.5. The zero-order valence-electron chi connectivity index (χ0n) is 10.2. The summed E-state index contributed by atoms with van der Waals surface area (Å²) in [6, 6.07) is 11.9. The summed E-state index contributed by atoms with van der Waals surface area (Å²) in [4.78, 5) is 0. The van der Waals surface area contributed by atoms with Gasteiger partial charge in [-0.05, 0) is 24.3 Å². The van der Waals surface area contributed by atoms with Crippen molar-refractivity contribution in [2.24, 2.45) is 0 Å². The van der Waals surface area contributed by atoms with E-state index in [1.165, 1.54) is 0 Å². The van der Waals surface area contributed by atoms with Gasteiger partial charge in [0.25, 0.3) is 0 Å². The zero-order valence-corrected chi connectivity index (χ0v) is 10.9. The van der Waals surface area contributed by atoms with Crippen molar-refractivity contribution in [3.8, 4) is 23.3 Å². The van der Waals surface area contributed by atoms with Crippen molar-refractivity contribution in [1.29, 1.82) is 5.26 Å². The second-order valence-electron chi connectivity index (χ2n) is 3.77. The Balaban J connectivity index is 2.42. The Hall–Kier alpha value is -2.38. The third kappa shape index (κ3) is 2.90. The molecule has 0 saturated heterocycles. The second kappa shape index (κ2) is 5.51. The van der Waals surface area contributed by atoms with Crippen molar-refractivity contribution < 1.29 is 9.47 Å². The lowest BCUT2D eigenvalue weighted by Gasteiger charge is -2.11. The molecule has 0 spiro atoms. The van der Waals surface area contributed by atoms with Crippen molar-refractivity contribution in [3.05, 3.63) is 47.0 Å². The van der Waals surface area contributed by atoms with Gasteiger partial charge in [0, 0.05) is 17.8 Å². The van der Waals surface area contributed by atoms with Gasteiger partial charge in [-0.1, -0.05) is 11.6 Å². The Bertz CT molecular complexity index is 650. The molecule has 0 heterocycles. The molecule has 0 atom stereocenters. The topological polar surface area (TPSA) is 68.3 Å². The number of halogens is 1. The van der Waals surface area contributed by atoms with Gasteiger partial charge in [-0.15, -0.1) is 0 Å². The van der Waals surface area contributed by atoms with Crippen molar-refractivity contribution >= 4 is 17.3 Å². The minimum Gasteiger partial charge on any atom is -0.497 e. The number of anilines is 1. The average Bonchev–Trinajstić information content (AvgIpc) is 2.42. The van der Waals surface area contributed by atoms with E-state index in [1.54, 1.807) is 43.5 Å². The van der Waals surface area contributed by atoms with E-state index in [0.29, 0.717) is 33.5 Å². The van der Waals surface area contributed by atoms with Crippen LogP contribution in [0.4, 0.5) is 5.69 Å². The molecule has 0 aromatic heterocycles. The normalized spacial score (nSPS) is 9.74. The summed E-state index contributed by atoms with van der Waals surface area (Å²) in [7, 11) is 1.54. The van der Waals surface area contributed by atoms with Crippen LogP contribution in [0.3, 0.4) is 0 Å². The van der Waals surface area contributed by atoms with Crippen LogP contribution in [0, 0.1) is 11.3 Å². The van der Waals surface area contributed by atoms with Gasteiger partial charge in [0.05, 0.1) is 17.7 Å². The molecule has 19 heavy (non-hydrogen) atoms. The molecule has 0 fully saturated rings. The average molecular weight is 275 g/mol. The van der Waals surface area contributed by atoms with Gasteiger partial charge in [0.15, 0.2) is 0 Å². The summed E-state index contributed by atoms with van der Waals surface area (Å²) in [6.45, 7) is 0. The van der Waals surface area contributed by atoms with Gasteiger partial charge < -0.3 is 15.2 Å². The lowest BCUT2D eigenvalue weighted by atomic mass is 10.2. The molecule has 0 radical (unpaired) electrons. The number of benzene rings is 2. The molecule has 0 aliphatic carbocycles. The highest BCUT2D eigenvalue weighted by Gasteiger charge is 2.09. The van der Waals surface area contributed by atoms with Crippen LogP contribution >= 0.6 is 11.6 Å². The summed E-state index contributed by atoms with van der Waals surface area (Å²) < 4.78 is 10.7. The first kappa shape index (κ1) is 13.1. The van der Waals surface area contributed by atoms with Crippen LogP contribution in [0.15, 0.2) is 36.4 Å². The quantitative estimate of drug-likeness (QED) is 0.869. The number of nitrogen functional groups attached to an aromatic ring is 1. The predicted molar refractivity (Wildman–Crippen MR) is 73.6 cm³/mol. The first-order valence-electron chi connectivity index (χ1n) is 5.45. The molecular formula is C14H11ClN2O2. The third-order valence-electron chi connectivity index (χ3n) is 2.48. The minimum absolute atomic E-state index is 0.370. The summed E-state index contributed by atoms with van der Waals surface area (Å²) >= 11 is 6.02. The summed E-state index contributed by atoms with van der Waals surface area (Å²) in [5, 5.41) is 9.47. The number of nitriles is 1. The molecule has 0 saturated carbocycles. The molecule has 4 nitrogen and oxygen atoms in total. The Morgan fingerprint density at radius 2 is 1.95 bits per heavy atom. The standard InChI is InChI=1S/C14H11ClN2O2/c1-18-11-4-2-9(8-16)13(7-11)19-14-6-10(17)3-5-12(14)15/h2-7H,17H2,1H3. The van der Waals surface area contributed by atoms with Crippen molar-refractivity contribution in [2.75, 3.05) is 12.8 Å². The maximum Gasteiger partial charge on any atom is 0.148 e. The lowest BCUT2D eigenvalue weighted by Crippen LogP contribution is -1.92. The van der Waals surface area contributed by atoms with Crippen LogP contribution in [0.1, 0.15) is 5.56 Å². The fourth-order valence-corrected chi connectivity index (χ4v) is 1.68. The molecule has 0 bridgehead atoms. The largest absolute Gasteiger partial charge is 0.497 e. The fourth-order valence-electron chi connectivity index (χ4n) is 1.52. The van der Waals surface area contributed by atoms with Crippen LogP contribution < -0.4 is 15.2 Å². The zero-order chi connectivity index (χ0) is 13.8. The van der Waals surface area contributed by atoms with E-state index in [-0.39, 0.29) is 0 Å². The molecule has 0 aliphatic rings. The second-order valence-corrected chi connectivity index (χ2v) is 4.17. The highest BCUT2D eigenvalue weighted by Crippen LogP contribution is 2.34. The Labute approximate surface area is 115 Å². The highest BCUT2D eigenvalue weighted by molar-refractivity contribution is 6.32.